The first-order valence-electron chi connectivity index (χ1n) is 6.06. The molecule has 1 saturated heterocycles. The summed E-state index contributed by atoms with van der Waals surface area (Å²) >= 11 is 0. The molecule has 2 rings (SSSR count). The smallest absolute Gasteiger partial charge is 0.142 e. The highest BCUT2D eigenvalue weighted by Gasteiger charge is 2.26. The van der Waals surface area contributed by atoms with Gasteiger partial charge in [0.25, 0.3) is 0 Å². The molecule has 1 aromatic heterocycles. The van der Waals surface area contributed by atoms with Crippen molar-refractivity contribution in [2.24, 2.45) is 5.84 Å². The number of nitrogens with one attached hydrogen (secondary N) is 1. The number of nitrogen functional groups attached to an aromatic ring is 1. The molecule has 0 amide bonds. The summed E-state index contributed by atoms with van der Waals surface area (Å²) in [6.07, 6.45) is 1.29. The minimum absolute atomic E-state index is 0.245. The zero-order chi connectivity index (χ0) is 12.3. The second-order valence-corrected chi connectivity index (χ2v) is 4.38. The number of nitrogens with two attached hydrogens (primary N) is 1. The minimum Gasteiger partial charge on any atom is -0.375 e. The summed E-state index contributed by atoms with van der Waals surface area (Å²) in [7, 11) is 0. The van der Waals surface area contributed by atoms with Crippen LogP contribution in [0.3, 0.4) is 0 Å². The molecule has 0 aliphatic carbocycles. The van der Waals surface area contributed by atoms with Gasteiger partial charge < -0.3 is 15.1 Å². The van der Waals surface area contributed by atoms with Gasteiger partial charge in [-0.3, -0.25) is 0 Å². The highest BCUT2D eigenvalue weighted by molar-refractivity contribution is 5.47. The lowest BCUT2D eigenvalue weighted by molar-refractivity contribution is 0.0296. The van der Waals surface area contributed by atoms with Crippen molar-refractivity contribution in [1.82, 2.24) is 4.98 Å². The number of hydrazine groups is 1. The average Bonchev–Trinajstić information content (AvgIpc) is 2.39. The van der Waals surface area contributed by atoms with E-state index in [0.29, 0.717) is 11.9 Å². The van der Waals surface area contributed by atoms with Crippen molar-refractivity contribution in [3.63, 3.8) is 0 Å². The molecule has 2 heterocycles. The summed E-state index contributed by atoms with van der Waals surface area (Å²) in [6, 6.07) is 6.23. The van der Waals surface area contributed by atoms with Crippen molar-refractivity contribution in [3.05, 3.63) is 18.2 Å². The lowest BCUT2D eigenvalue weighted by Gasteiger charge is -2.39. The van der Waals surface area contributed by atoms with Crippen LogP contribution in [-0.2, 0) is 4.74 Å². The third-order valence-corrected chi connectivity index (χ3v) is 3.12. The van der Waals surface area contributed by atoms with E-state index in [1.807, 2.05) is 18.2 Å². The van der Waals surface area contributed by atoms with Gasteiger partial charge in [-0.25, -0.2) is 10.8 Å². The number of aromatic nitrogens is 1. The zero-order valence-electron chi connectivity index (χ0n) is 10.4. The standard InChI is InChI=1S/C12H20N4O/c1-3-10-8-17-9(2)7-16(10)12-6-4-5-11(14-12)15-13/h4-6,9-10H,3,7-8,13H2,1-2H3,(H,14,15). The summed E-state index contributed by atoms with van der Waals surface area (Å²) in [4.78, 5) is 6.78. The molecule has 3 N–H and O–H groups in total. The van der Waals surface area contributed by atoms with E-state index in [2.05, 4.69) is 29.2 Å². The van der Waals surface area contributed by atoms with Crippen LogP contribution in [0.25, 0.3) is 0 Å². The quantitative estimate of drug-likeness (QED) is 0.613. The second-order valence-electron chi connectivity index (χ2n) is 4.38. The van der Waals surface area contributed by atoms with E-state index in [9.17, 15) is 0 Å². The van der Waals surface area contributed by atoms with E-state index in [1.54, 1.807) is 0 Å². The number of ether oxygens (including phenoxy) is 1. The second kappa shape index (κ2) is 5.33. The van der Waals surface area contributed by atoms with Gasteiger partial charge in [-0.15, -0.1) is 0 Å². The van der Waals surface area contributed by atoms with Gasteiger partial charge in [0.15, 0.2) is 0 Å². The van der Waals surface area contributed by atoms with Crippen LogP contribution >= 0.6 is 0 Å². The highest BCUT2D eigenvalue weighted by atomic mass is 16.5. The Bertz CT molecular complexity index is 371. The van der Waals surface area contributed by atoms with E-state index >= 15 is 0 Å². The summed E-state index contributed by atoms with van der Waals surface area (Å²) in [5.74, 6) is 7.04. The lowest BCUT2D eigenvalue weighted by atomic mass is 10.1. The first kappa shape index (κ1) is 12.1. The van der Waals surface area contributed by atoms with Crippen molar-refractivity contribution in [1.29, 1.82) is 0 Å². The Morgan fingerprint density at radius 1 is 1.59 bits per heavy atom. The van der Waals surface area contributed by atoms with Crippen LogP contribution in [0.2, 0.25) is 0 Å². The Labute approximate surface area is 102 Å². The van der Waals surface area contributed by atoms with E-state index in [4.69, 9.17) is 10.6 Å². The van der Waals surface area contributed by atoms with Crippen molar-refractivity contribution >= 4 is 11.6 Å². The van der Waals surface area contributed by atoms with Crippen molar-refractivity contribution in [2.45, 2.75) is 32.4 Å². The van der Waals surface area contributed by atoms with Crippen LogP contribution in [0.4, 0.5) is 11.6 Å². The zero-order valence-corrected chi connectivity index (χ0v) is 10.4. The monoisotopic (exact) mass is 236 g/mol. The normalized spacial score (nSPS) is 24.8. The fourth-order valence-corrected chi connectivity index (χ4v) is 2.13. The number of rotatable bonds is 3. The molecule has 0 aromatic carbocycles. The average molecular weight is 236 g/mol. The summed E-state index contributed by atoms with van der Waals surface area (Å²) in [5.41, 5.74) is 2.58. The third-order valence-electron chi connectivity index (χ3n) is 3.12. The number of hydrogen-bond acceptors (Lipinski definition) is 5. The Hall–Kier alpha value is -1.33. The number of morpholine rings is 1. The lowest BCUT2D eigenvalue weighted by Crippen LogP contribution is -2.49. The molecule has 1 aliphatic heterocycles. The van der Waals surface area contributed by atoms with Gasteiger partial charge in [-0.2, -0.15) is 0 Å². The molecule has 94 valence electrons. The Morgan fingerprint density at radius 3 is 3.12 bits per heavy atom. The Morgan fingerprint density at radius 2 is 2.41 bits per heavy atom. The molecule has 1 fully saturated rings. The Kier molecular flexibility index (Phi) is 3.81. The van der Waals surface area contributed by atoms with Gasteiger partial charge in [-0.1, -0.05) is 13.0 Å². The summed E-state index contributed by atoms with van der Waals surface area (Å²) < 4.78 is 5.68. The number of hydrogen-bond donors (Lipinski definition) is 2. The maximum Gasteiger partial charge on any atom is 0.142 e. The molecule has 0 saturated carbocycles. The molecule has 2 atom stereocenters. The fourth-order valence-electron chi connectivity index (χ4n) is 2.13. The molecular formula is C12H20N4O. The molecule has 1 aromatic rings. The van der Waals surface area contributed by atoms with Crippen molar-refractivity contribution < 1.29 is 4.74 Å². The maximum absolute atomic E-state index is 5.68. The number of anilines is 2. The molecule has 5 nitrogen and oxygen atoms in total. The van der Waals surface area contributed by atoms with Gasteiger partial charge in [-0.05, 0) is 25.5 Å². The summed E-state index contributed by atoms with van der Waals surface area (Å²) in [6.45, 7) is 5.89. The topological polar surface area (TPSA) is 63.4 Å². The number of nitrogens with zero attached hydrogens (tertiary/aromatic N) is 2. The van der Waals surface area contributed by atoms with Crippen LogP contribution in [0.15, 0.2) is 18.2 Å². The van der Waals surface area contributed by atoms with E-state index < -0.39 is 0 Å². The molecular weight excluding hydrogens is 216 g/mol. The molecule has 0 spiro atoms. The molecule has 0 bridgehead atoms. The van der Waals surface area contributed by atoms with Crippen LogP contribution in [-0.4, -0.2) is 30.3 Å². The van der Waals surface area contributed by atoms with Gasteiger partial charge in [0, 0.05) is 6.54 Å². The molecule has 5 heteroatoms. The molecule has 0 radical (unpaired) electrons. The maximum atomic E-state index is 5.68. The molecule has 1 aliphatic rings. The van der Waals surface area contributed by atoms with E-state index in [0.717, 1.165) is 25.4 Å². The van der Waals surface area contributed by atoms with Gasteiger partial charge in [0.05, 0.1) is 18.8 Å². The largest absolute Gasteiger partial charge is 0.375 e. The van der Waals surface area contributed by atoms with Crippen molar-refractivity contribution in [3.8, 4) is 0 Å². The Balaban J connectivity index is 2.22. The fraction of sp³-hybridized carbons (Fsp3) is 0.583. The highest BCUT2D eigenvalue weighted by Crippen LogP contribution is 2.22. The summed E-state index contributed by atoms with van der Waals surface area (Å²) in [5, 5.41) is 0. The van der Waals surface area contributed by atoms with Gasteiger partial charge >= 0.3 is 0 Å². The van der Waals surface area contributed by atoms with E-state index in [1.165, 1.54) is 0 Å². The van der Waals surface area contributed by atoms with Gasteiger partial charge in [0.2, 0.25) is 0 Å². The predicted octanol–water partition coefficient (Wildman–Crippen LogP) is 1.37. The van der Waals surface area contributed by atoms with Crippen LogP contribution in [0.1, 0.15) is 20.3 Å². The minimum atomic E-state index is 0.245. The predicted molar refractivity (Wildman–Crippen MR) is 68.9 cm³/mol. The first-order valence-corrected chi connectivity index (χ1v) is 6.06. The third kappa shape index (κ3) is 2.68. The number of pyridine rings is 1. The first-order chi connectivity index (χ1) is 8.24. The molecule has 17 heavy (non-hydrogen) atoms. The van der Waals surface area contributed by atoms with Gasteiger partial charge in [0.1, 0.15) is 11.6 Å². The van der Waals surface area contributed by atoms with E-state index in [-0.39, 0.29) is 6.10 Å². The van der Waals surface area contributed by atoms with Crippen LogP contribution in [0, 0.1) is 0 Å². The SMILES string of the molecule is CCC1COC(C)CN1c1cccc(NN)n1. The van der Waals surface area contributed by atoms with Crippen LogP contribution in [0.5, 0.6) is 0 Å². The molecule has 2 unspecified atom stereocenters. The van der Waals surface area contributed by atoms with Crippen molar-refractivity contribution in [2.75, 3.05) is 23.5 Å². The van der Waals surface area contributed by atoms with Crippen LogP contribution < -0.4 is 16.2 Å².